The van der Waals surface area contributed by atoms with Gasteiger partial charge >= 0.3 is 0 Å². The number of halogens is 1. The second-order valence-electron chi connectivity index (χ2n) is 6.26. The Kier molecular flexibility index (Phi) is 5.65. The molecule has 1 aromatic rings. The molecule has 1 aromatic carbocycles. The number of hydrogen-bond acceptors (Lipinski definition) is 2. The summed E-state index contributed by atoms with van der Waals surface area (Å²) in [6.45, 7) is 4.07. The quantitative estimate of drug-likeness (QED) is 0.872. The zero-order chi connectivity index (χ0) is 14.6. The van der Waals surface area contributed by atoms with E-state index in [0.717, 1.165) is 23.5 Å². The third-order valence-electron chi connectivity index (χ3n) is 5.14. The zero-order valence-corrected chi connectivity index (χ0v) is 14.3. The molecular formula is C17H27BrN2. The minimum atomic E-state index is 0.207. The first-order valence-corrected chi connectivity index (χ1v) is 8.54. The van der Waals surface area contributed by atoms with Crippen LogP contribution in [0.1, 0.15) is 44.6 Å². The third kappa shape index (κ3) is 3.63. The van der Waals surface area contributed by atoms with Gasteiger partial charge in [-0.15, -0.1) is 0 Å². The fraction of sp³-hybridized carbons (Fsp3) is 0.647. The van der Waals surface area contributed by atoms with Gasteiger partial charge in [-0.05, 0) is 56.3 Å². The van der Waals surface area contributed by atoms with Crippen LogP contribution in [0, 0.1) is 5.92 Å². The van der Waals surface area contributed by atoms with E-state index in [2.05, 4.69) is 59.1 Å². The molecule has 2 N–H and O–H groups in total. The number of likely N-dealkylation sites (N-methyl/N-ethyl adjacent to an activating group) is 1. The van der Waals surface area contributed by atoms with Crippen LogP contribution in [0.2, 0.25) is 0 Å². The fourth-order valence-electron chi connectivity index (χ4n) is 3.40. The van der Waals surface area contributed by atoms with Crippen molar-refractivity contribution in [2.75, 3.05) is 13.6 Å². The molecule has 0 amide bonds. The van der Waals surface area contributed by atoms with Crippen molar-refractivity contribution >= 4 is 15.9 Å². The number of rotatable bonds is 5. The average molecular weight is 339 g/mol. The predicted octanol–water partition coefficient (Wildman–Crippen LogP) is 4.18. The van der Waals surface area contributed by atoms with Crippen molar-refractivity contribution in [1.82, 2.24) is 4.90 Å². The van der Waals surface area contributed by atoms with E-state index in [4.69, 9.17) is 5.73 Å². The SMILES string of the molecule is CCC1CCC(CN)(N(C)Cc2ccc(Br)cc2)CC1. The minimum absolute atomic E-state index is 0.207. The Morgan fingerprint density at radius 1 is 1.25 bits per heavy atom. The van der Waals surface area contributed by atoms with Crippen LogP contribution in [0.4, 0.5) is 0 Å². The van der Waals surface area contributed by atoms with E-state index < -0.39 is 0 Å². The second kappa shape index (κ2) is 7.06. The van der Waals surface area contributed by atoms with Gasteiger partial charge < -0.3 is 5.73 Å². The average Bonchev–Trinajstić information content (AvgIpc) is 2.49. The molecule has 0 aromatic heterocycles. The first kappa shape index (κ1) is 16.0. The van der Waals surface area contributed by atoms with Crippen molar-refractivity contribution in [3.63, 3.8) is 0 Å². The normalized spacial score (nSPS) is 26.9. The zero-order valence-electron chi connectivity index (χ0n) is 12.7. The summed E-state index contributed by atoms with van der Waals surface area (Å²) >= 11 is 3.49. The van der Waals surface area contributed by atoms with Crippen LogP contribution in [0.25, 0.3) is 0 Å². The first-order valence-electron chi connectivity index (χ1n) is 7.75. The highest BCUT2D eigenvalue weighted by Gasteiger charge is 2.36. The molecule has 1 saturated carbocycles. The molecule has 0 radical (unpaired) electrons. The Bertz CT molecular complexity index is 408. The summed E-state index contributed by atoms with van der Waals surface area (Å²) in [5.74, 6) is 0.913. The smallest absolute Gasteiger partial charge is 0.0332 e. The standard InChI is InChI=1S/C17H27BrN2/c1-3-14-8-10-17(13-19,11-9-14)20(2)12-15-4-6-16(18)7-5-15/h4-7,14H,3,8-13,19H2,1-2H3. The largest absolute Gasteiger partial charge is 0.329 e. The molecule has 1 fully saturated rings. The van der Waals surface area contributed by atoms with Crippen molar-refractivity contribution in [3.8, 4) is 0 Å². The van der Waals surface area contributed by atoms with Gasteiger partial charge in [0.1, 0.15) is 0 Å². The molecular weight excluding hydrogens is 312 g/mol. The van der Waals surface area contributed by atoms with Crippen LogP contribution >= 0.6 is 15.9 Å². The lowest BCUT2D eigenvalue weighted by Crippen LogP contribution is -2.53. The summed E-state index contributed by atoms with van der Waals surface area (Å²) in [5.41, 5.74) is 7.72. The van der Waals surface area contributed by atoms with Crippen molar-refractivity contribution < 1.29 is 0 Å². The molecule has 0 saturated heterocycles. The molecule has 3 heteroatoms. The minimum Gasteiger partial charge on any atom is -0.329 e. The Hall–Kier alpha value is -0.380. The highest BCUT2D eigenvalue weighted by Crippen LogP contribution is 2.37. The van der Waals surface area contributed by atoms with Crippen LogP contribution in [0.3, 0.4) is 0 Å². The van der Waals surface area contributed by atoms with Gasteiger partial charge in [0.25, 0.3) is 0 Å². The summed E-state index contributed by atoms with van der Waals surface area (Å²) in [6, 6.07) is 8.63. The maximum atomic E-state index is 6.15. The number of benzene rings is 1. The number of nitrogens with zero attached hydrogens (tertiary/aromatic N) is 1. The lowest BCUT2D eigenvalue weighted by atomic mass is 9.74. The summed E-state index contributed by atoms with van der Waals surface area (Å²) in [7, 11) is 2.24. The molecule has 0 unspecified atom stereocenters. The molecule has 2 nitrogen and oxygen atoms in total. The summed E-state index contributed by atoms with van der Waals surface area (Å²) in [6.07, 6.45) is 6.47. The van der Waals surface area contributed by atoms with Gasteiger partial charge in [-0.1, -0.05) is 41.4 Å². The molecule has 2 rings (SSSR count). The molecule has 1 aliphatic rings. The van der Waals surface area contributed by atoms with Crippen LogP contribution in [-0.2, 0) is 6.54 Å². The lowest BCUT2D eigenvalue weighted by molar-refractivity contribution is 0.0579. The molecule has 0 spiro atoms. The van der Waals surface area contributed by atoms with Crippen molar-refractivity contribution in [2.24, 2.45) is 11.7 Å². The highest BCUT2D eigenvalue weighted by atomic mass is 79.9. The molecule has 0 bridgehead atoms. The summed E-state index contributed by atoms with van der Waals surface area (Å²) in [5, 5.41) is 0. The number of hydrogen-bond donors (Lipinski definition) is 1. The molecule has 112 valence electrons. The maximum Gasteiger partial charge on any atom is 0.0332 e. The maximum absolute atomic E-state index is 6.15. The van der Waals surface area contributed by atoms with E-state index in [1.54, 1.807) is 0 Å². The number of nitrogens with two attached hydrogens (primary N) is 1. The predicted molar refractivity (Wildman–Crippen MR) is 89.6 cm³/mol. The molecule has 1 aliphatic carbocycles. The van der Waals surface area contributed by atoms with E-state index in [0.29, 0.717) is 0 Å². The molecule has 0 aliphatic heterocycles. The highest BCUT2D eigenvalue weighted by molar-refractivity contribution is 9.10. The van der Waals surface area contributed by atoms with Crippen LogP contribution in [-0.4, -0.2) is 24.0 Å². The first-order chi connectivity index (χ1) is 9.59. The van der Waals surface area contributed by atoms with Gasteiger partial charge in [-0.25, -0.2) is 0 Å². The van der Waals surface area contributed by atoms with Gasteiger partial charge in [-0.3, -0.25) is 4.90 Å². The van der Waals surface area contributed by atoms with E-state index in [1.165, 1.54) is 37.7 Å². The van der Waals surface area contributed by atoms with Gasteiger partial charge in [0.15, 0.2) is 0 Å². The van der Waals surface area contributed by atoms with E-state index in [9.17, 15) is 0 Å². The van der Waals surface area contributed by atoms with E-state index in [-0.39, 0.29) is 5.54 Å². The lowest BCUT2D eigenvalue weighted by Gasteiger charge is -2.46. The van der Waals surface area contributed by atoms with Crippen molar-refractivity contribution in [3.05, 3.63) is 34.3 Å². The van der Waals surface area contributed by atoms with Gasteiger partial charge in [0.2, 0.25) is 0 Å². The van der Waals surface area contributed by atoms with E-state index in [1.807, 2.05) is 0 Å². The molecule has 20 heavy (non-hydrogen) atoms. The van der Waals surface area contributed by atoms with Crippen LogP contribution < -0.4 is 5.73 Å². The van der Waals surface area contributed by atoms with Gasteiger partial charge in [-0.2, -0.15) is 0 Å². The topological polar surface area (TPSA) is 29.3 Å². The monoisotopic (exact) mass is 338 g/mol. The summed E-state index contributed by atoms with van der Waals surface area (Å²) in [4.78, 5) is 2.49. The molecule has 0 atom stereocenters. The van der Waals surface area contributed by atoms with Crippen molar-refractivity contribution in [1.29, 1.82) is 0 Å². The Labute approximate surface area is 131 Å². The Balaban J connectivity index is 2.02. The summed E-state index contributed by atoms with van der Waals surface area (Å²) < 4.78 is 1.14. The van der Waals surface area contributed by atoms with Gasteiger partial charge in [0.05, 0.1) is 0 Å². The van der Waals surface area contributed by atoms with E-state index >= 15 is 0 Å². The van der Waals surface area contributed by atoms with Crippen LogP contribution in [0.15, 0.2) is 28.7 Å². The van der Waals surface area contributed by atoms with Crippen LogP contribution in [0.5, 0.6) is 0 Å². The Morgan fingerprint density at radius 2 is 1.85 bits per heavy atom. The van der Waals surface area contributed by atoms with Gasteiger partial charge in [0, 0.05) is 23.1 Å². The van der Waals surface area contributed by atoms with Crippen molar-refractivity contribution in [2.45, 2.75) is 51.1 Å². The fourth-order valence-corrected chi connectivity index (χ4v) is 3.66. The molecule has 0 heterocycles. The second-order valence-corrected chi connectivity index (χ2v) is 7.18. The third-order valence-corrected chi connectivity index (χ3v) is 5.66. The Morgan fingerprint density at radius 3 is 2.35 bits per heavy atom.